The number of aromatic nitrogens is 2. The summed E-state index contributed by atoms with van der Waals surface area (Å²) in [6.07, 6.45) is 4.79. The van der Waals surface area contributed by atoms with Crippen molar-refractivity contribution in [3.8, 4) is 5.75 Å². The topological polar surface area (TPSA) is 58.4 Å². The van der Waals surface area contributed by atoms with Gasteiger partial charge in [0.25, 0.3) is 0 Å². The van der Waals surface area contributed by atoms with Crippen molar-refractivity contribution in [2.45, 2.75) is 6.92 Å². The molecular formula is C12H11Cl3N3OTa. The molecule has 106 valence electrons. The van der Waals surface area contributed by atoms with Crippen LogP contribution in [0.25, 0.3) is 0 Å². The summed E-state index contributed by atoms with van der Waals surface area (Å²) in [4.78, 5) is 12.0. The molecule has 0 aliphatic heterocycles. The second kappa shape index (κ2) is 9.34. The molecule has 1 N–H and O–H groups in total. The first-order valence-corrected chi connectivity index (χ1v) is 17.3. The van der Waals surface area contributed by atoms with Gasteiger partial charge in [0.2, 0.25) is 5.95 Å². The number of aliphatic imine (C=N–C) groups is 1. The van der Waals surface area contributed by atoms with Crippen LogP contribution in [0.5, 0.6) is 5.75 Å². The monoisotopic (exact) mass is 499 g/mol. The van der Waals surface area contributed by atoms with Gasteiger partial charge in [0.05, 0.1) is 0 Å². The molecular weight excluding hydrogens is 489 g/mol. The Kier molecular flexibility index (Phi) is 8.14. The summed E-state index contributed by atoms with van der Waals surface area (Å²) in [5.41, 5.74) is 1.48. The number of para-hydroxylation sites is 1. The molecule has 8 heteroatoms. The van der Waals surface area contributed by atoms with Crippen LogP contribution in [0, 0.1) is 6.92 Å². The van der Waals surface area contributed by atoms with Crippen LogP contribution in [-0.2, 0) is 15.2 Å². The average molecular weight is 501 g/mol. The van der Waals surface area contributed by atoms with E-state index in [-0.39, 0.29) is 5.75 Å². The number of aromatic hydroxyl groups is 1. The molecule has 0 aliphatic rings. The summed E-state index contributed by atoms with van der Waals surface area (Å²) in [6, 6.07) is 7.21. The Morgan fingerprint density at radius 2 is 1.75 bits per heavy atom. The summed E-state index contributed by atoms with van der Waals surface area (Å²) in [5, 5.41) is 9.74. The van der Waals surface area contributed by atoms with Gasteiger partial charge in [-0.2, -0.15) is 0 Å². The molecule has 2 rings (SSSR count). The molecule has 0 saturated carbocycles. The van der Waals surface area contributed by atoms with E-state index in [1.54, 1.807) is 30.7 Å². The van der Waals surface area contributed by atoms with Crippen LogP contribution in [-0.4, -0.2) is 21.3 Å². The van der Waals surface area contributed by atoms with Gasteiger partial charge in [-0.25, -0.2) is 15.0 Å². The van der Waals surface area contributed by atoms with Gasteiger partial charge in [0.1, 0.15) is 5.75 Å². The predicted octanol–water partition coefficient (Wildman–Crippen LogP) is 4.31. The van der Waals surface area contributed by atoms with Crippen LogP contribution in [0.4, 0.5) is 5.95 Å². The summed E-state index contributed by atoms with van der Waals surface area (Å²) < 4.78 is 0. The fraction of sp³-hybridized carbons (Fsp3) is 0.0833. The Labute approximate surface area is 135 Å². The van der Waals surface area contributed by atoms with Gasteiger partial charge in [-0.1, -0.05) is 12.1 Å². The molecule has 1 aromatic heterocycles. The molecule has 1 aromatic carbocycles. The van der Waals surface area contributed by atoms with E-state index >= 15 is 0 Å². The van der Waals surface area contributed by atoms with Crippen LogP contribution >= 0.6 is 27.6 Å². The summed E-state index contributed by atoms with van der Waals surface area (Å²) in [6.45, 7) is 1.84. The number of phenolic OH excluding ortho intramolecular Hbond substituents is 1. The van der Waals surface area contributed by atoms with Gasteiger partial charge in [0, 0.05) is 24.2 Å². The quantitative estimate of drug-likeness (QED) is 0.626. The molecule has 0 atom stereocenters. The molecule has 0 fully saturated rings. The maximum absolute atomic E-state index is 9.74. The summed E-state index contributed by atoms with van der Waals surface area (Å²) in [5.74, 6) is 0.616. The molecule has 0 aliphatic carbocycles. The number of benzene rings is 1. The van der Waals surface area contributed by atoms with E-state index < -0.39 is 15.2 Å². The van der Waals surface area contributed by atoms with Crippen LogP contribution in [0.3, 0.4) is 0 Å². The number of hydrogen-bond donors (Lipinski definition) is 1. The SMILES string of the molecule is Cc1cccc(/C=N/c2ncccn2)c1O.[Cl][Ta]([Cl])[Cl]. The maximum atomic E-state index is 9.74. The second-order valence-corrected chi connectivity index (χ2v) is 17.4. The molecule has 0 bridgehead atoms. The fourth-order valence-corrected chi connectivity index (χ4v) is 1.27. The van der Waals surface area contributed by atoms with E-state index in [1.165, 1.54) is 0 Å². The second-order valence-electron chi connectivity index (χ2n) is 3.51. The molecule has 0 unspecified atom stereocenters. The third kappa shape index (κ3) is 6.70. The van der Waals surface area contributed by atoms with Gasteiger partial charge in [-0.3, -0.25) is 0 Å². The van der Waals surface area contributed by atoms with Crippen LogP contribution in [0.1, 0.15) is 11.1 Å². The van der Waals surface area contributed by atoms with Crippen LogP contribution in [0.15, 0.2) is 41.7 Å². The normalized spacial score (nSPS) is 10.4. The van der Waals surface area contributed by atoms with Crippen molar-refractivity contribution in [1.82, 2.24) is 9.97 Å². The first kappa shape index (κ1) is 17.4. The van der Waals surface area contributed by atoms with Crippen molar-refractivity contribution in [2.24, 2.45) is 4.99 Å². The van der Waals surface area contributed by atoms with Crippen LogP contribution in [0.2, 0.25) is 0 Å². The van der Waals surface area contributed by atoms with E-state index in [0.717, 1.165) is 5.56 Å². The Balaban J connectivity index is 0.000000444. The van der Waals surface area contributed by atoms with E-state index in [4.69, 9.17) is 27.6 Å². The molecule has 0 amide bonds. The number of halogens is 3. The zero-order valence-electron chi connectivity index (χ0n) is 10.4. The summed E-state index contributed by atoms with van der Waals surface area (Å²) >= 11 is -2.18. The molecule has 20 heavy (non-hydrogen) atoms. The third-order valence-corrected chi connectivity index (χ3v) is 2.14. The number of rotatable bonds is 2. The minimum absolute atomic E-state index is 0.238. The molecule has 0 saturated heterocycles. The number of aryl methyl sites for hydroxylation is 1. The Morgan fingerprint density at radius 3 is 2.35 bits per heavy atom. The zero-order chi connectivity index (χ0) is 15.0. The van der Waals surface area contributed by atoms with Gasteiger partial charge < -0.3 is 5.11 Å². The van der Waals surface area contributed by atoms with E-state index in [1.807, 2.05) is 19.1 Å². The van der Waals surface area contributed by atoms with Crippen molar-refractivity contribution < 1.29 is 20.3 Å². The first-order valence-electron chi connectivity index (χ1n) is 5.38. The summed E-state index contributed by atoms with van der Waals surface area (Å²) in [7, 11) is 15.0. The average Bonchev–Trinajstić information content (AvgIpc) is 2.41. The molecule has 2 aromatic rings. The van der Waals surface area contributed by atoms with Crippen molar-refractivity contribution >= 4 is 39.7 Å². The van der Waals surface area contributed by atoms with Crippen molar-refractivity contribution in [3.63, 3.8) is 0 Å². The Morgan fingerprint density at radius 1 is 1.15 bits per heavy atom. The van der Waals surface area contributed by atoms with Crippen molar-refractivity contribution in [2.75, 3.05) is 0 Å². The van der Waals surface area contributed by atoms with Gasteiger partial charge in [-0.15, -0.1) is 0 Å². The molecule has 0 radical (unpaired) electrons. The van der Waals surface area contributed by atoms with Gasteiger partial charge in [-0.05, 0) is 24.6 Å². The van der Waals surface area contributed by atoms with E-state index in [2.05, 4.69) is 15.0 Å². The minimum atomic E-state index is -2.18. The fourth-order valence-electron chi connectivity index (χ4n) is 1.27. The number of phenols is 1. The molecule has 1 heterocycles. The first-order chi connectivity index (χ1) is 9.50. The van der Waals surface area contributed by atoms with Crippen molar-refractivity contribution in [1.29, 1.82) is 0 Å². The Bertz CT molecular complexity index is 564. The van der Waals surface area contributed by atoms with Gasteiger partial charge >= 0.3 is 42.8 Å². The number of nitrogens with zero attached hydrogens (tertiary/aromatic N) is 3. The molecule has 0 spiro atoms. The Hall–Kier alpha value is -0.620. The predicted molar refractivity (Wildman–Crippen MR) is 79.7 cm³/mol. The van der Waals surface area contributed by atoms with Crippen LogP contribution < -0.4 is 0 Å². The molecule has 4 nitrogen and oxygen atoms in total. The standard InChI is InChI=1S/C12H11N3O.3ClH.Ta/c1-9-4-2-5-10(11(9)16)8-15-12-13-6-3-7-14-12;;;;/h2-8,16H,1H3;3*1H;/q;;;;+3/p-3/b15-8+;;;;. The third-order valence-electron chi connectivity index (χ3n) is 2.14. The van der Waals surface area contributed by atoms with E-state index in [9.17, 15) is 5.11 Å². The van der Waals surface area contributed by atoms with Crippen molar-refractivity contribution in [3.05, 3.63) is 47.8 Å². The van der Waals surface area contributed by atoms with E-state index in [0.29, 0.717) is 11.5 Å². The van der Waals surface area contributed by atoms with Gasteiger partial charge in [0.15, 0.2) is 0 Å². The zero-order valence-corrected chi connectivity index (χ0v) is 15.9. The number of hydrogen-bond acceptors (Lipinski definition) is 4.